The third kappa shape index (κ3) is 3.60. The molecule has 132 valence electrons. The highest BCUT2D eigenvalue weighted by Crippen LogP contribution is 2.47. The molecule has 0 spiro atoms. The van der Waals surface area contributed by atoms with E-state index in [4.69, 9.17) is 9.73 Å². The van der Waals surface area contributed by atoms with Crippen molar-refractivity contribution < 1.29 is 4.74 Å². The lowest BCUT2D eigenvalue weighted by molar-refractivity contribution is 0.0767. The van der Waals surface area contributed by atoms with Gasteiger partial charge in [-0.2, -0.15) is 0 Å². The maximum absolute atomic E-state index is 6.08. The van der Waals surface area contributed by atoms with Gasteiger partial charge in [0.15, 0.2) is 5.96 Å². The molecule has 2 bridgehead atoms. The third-order valence-electron chi connectivity index (χ3n) is 5.41. The van der Waals surface area contributed by atoms with Gasteiger partial charge in [0.25, 0.3) is 0 Å². The summed E-state index contributed by atoms with van der Waals surface area (Å²) >= 11 is 3.48. The number of fused-ring (bicyclic) bond motifs is 5. The van der Waals surface area contributed by atoms with Crippen LogP contribution in [0.2, 0.25) is 0 Å². The number of ether oxygens (including phenoxy) is 1. The van der Waals surface area contributed by atoms with Crippen molar-refractivity contribution in [3.8, 4) is 0 Å². The number of halogens is 2. The van der Waals surface area contributed by atoms with E-state index in [1.54, 1.807) is 0 Å². The third-order valence-corrected chi connectivity index (χ3v) is 5.94. The van der Waals surface area contributed by atoms with Crippen LogP contribution in [0.3, 0.4) is 0 Å². The van der Waals surface area contributed by atoms with Crippen molar-refractivity contribution in [2.75, 3.05) is 19.6 Å². The lowest BCUT2D eigenvalue weighted by Crippen LogP contribution is -2.41. The van der Waals surface area contributed by atoms with Crippen molar-refractivity contribution >= 4 is 45.9 Å². The quantitative estimate of drug-likeness (QED) is 0.387. The Morgan fingerprint density at radius 3 is 2.42 bits per heavy atom. The Morgan fingerprint density at radius 2 is 1.83 bits per heavy atom. The molecule has 3 aliphatic rings. The van der Waals surface area contributed by atoms with Gasteiger partial charge in [-0.15, -0.1) is 24.0 Å². The molecule has 0 radical (unpaired) electrons. The van der Waals surface area contributed by atoms with Crippen LogP contribution in [0.1, 0.15) is 25.3 Å². The molecule has 4 rings (SSSR count). The second kappa shape index (κ2) is 7.91. The molecule has 4 atom stereocenters. The minimum atomic E-state index is 0. The molecule has 3 aliphatic heterocycles. The van der Waals surface area contributed by atoms with Gasteiger partial charge < -0.3 is 15.0 Å². The molecule has 0 amide bonds. The van der Waals surface area contributed by atoms with Crippen LogP contribution in [-0.4, -0.2) is 42.7 Å². The van der Waals surface area contributed by atoms with Gasteiger partial charge in [-0.1, -0.05) is 28.1 Å². The summed E-state index contributed by atoms with van der Waals surface area (Å²) in [7, 11) is 0. The first-order valence-electron chi connectivity index (χ1n) is 8.67. The van der Waals surface area contributed by atoms with Crippen LogP contribution in [0.15, 0.2) is 33.7 Å². The van der Waals surface area contributed by atoms with Crippen LogP contribution in [0, 0.1) is 11.8 Å². The molecule has 1 aromatic carbocycles. The van der Waals surface area contributed by atoms with Crippen LogP contribution in [-0.2, 0) is 11.3 Å². The van der Waals surface area contributed by atoms with Gasteiger partial charge >= 0.3 is 0 Å². The average Bonchev–Trinajstić information content (AvgIpc) is 3.25. The highest BCUT2D eigenvalue weighted by atomic mass is 127. The standard InChI is InChI=1S/C18H24BrN3O.HI/c1-2-20-18(21-9-12-3-5-13(19)6-4-12)22-10-14-15(11-22)17-8-7-16(14)23-17;/h3-6,14-17H,2,7-11H2,1H3,(H,20,21);1H. The summed E-state index contributed by atoms with van der Waals surface area (Å²) in [6, 6.07) is 8.41. The number of nitrogens with one attached hydrogen (secondary N) is 1. The number of hydrogen-bond donors (Lipinski definition) is 1. The molecular weight excluding hydrogens is 481 g/mol. The van der Waals surface area contributed by atoms with Gasteiger partial charge in [-0.05, 0) is 37.5 Å². The van der Waals surface area contributed by atoms with Crippen molar-refractivity contribution in [2.45, 2.75) is 38.5 Å². The summed E-state index contributed by atoms with van der Waals surface area (Å²) in [5.41, 5.74) is 1.24. The highest BCUT2D eigenvalue weighted by molar-refractivity contribution is 14.0. The maximum Gasteiger partial charge on any atom is 0.194 e. The molecule has 4 unspecified atom stereocenters. The zero-order valence-electron chi connectivity index (χ0n) is 14.0. The zero-order chi connectivity index (χ0) is 15.8. The van der Waals surface area contributed by atoms with Gasteiger partial charge in [0.2, 0.25) is 0 Å². The number of rotatable bonds is 3. The largest absolute Gasteiger partial charge is 0.374 e. The number of benzene rings is 1. The monoisotopic (exact) mass is 505 g/mol. The van der Waals surface area contributed by atoms with Crippen LogP contribution in [0.5, 0.6) is 0 Å². The van der Waals surface area contributed by atoms with Crippen molar-refractivity contribution in [1.29, 1.82) is 0 Å². The summed E-state index contributed by atoms with van der Waals surface area (Å²) in [5.74, 6) is 2.49. The SMILES string of the molecule is CCNC(=NCc1ccc(Br)cc1)N1CC2C3CCC(O3)C2C1.I. The second-order valence-corrected chi connectivity index (χ2v) is 7.74. The fourth-order valence-electron chi connectivity index (χ4n) is 4.31. The molecule has 3 fully saturated rings. The summed E-state index contributed by atoms with van der Waals surface area (Å²) < 4.78 is 7.19. The van der Waals surface area contributed by atoms with E-state index in [2.05, 4.69) is 57.3 Å². The molecule has 0 aliphatic carbocycles. The lowest BCUT2D eigenvalue weighted by atomic mass is 9.82. The Bertz CT molecular complexity index is 576. The number of aliphatic imine (C=N–C) groups is 1. The topological polar surface area (TPSA) is 36.9 Å². The van der Waals surface area contributed by atoms with Crippen LogP contribution >= 0.6 is 39.9 Å². The molecule has 1 N–H and O–H groups in total. The van der Waals surface area contributed by atoms with Gasteiger partial charge in [0.1, 0.15) is 0 Å². The van der Waals surface area contributed by atoms with E-state index in [1.165, 1.54) is 18.4 Å². The molecule has 3 saturated heterocycles. The van der Waals surface area contributed by atoms with Gasteiger partial charge in [0.05, 0.1) is 18.8 Å². The molecule has 24 heavy (non-hydrogen) atoms. The molecule has 0 aromatic heterocycles. The fourth-order valence-corrected chi connectivity index (χ4v) is 4.58. The van der Waals surface area contributed by atoms with Crippen LogP contribution < -0.4 is 5.32 Å². The van der Waals surface area contributed by atoms with E-state index in [9.17, 15) is 0 Å². The predicted molar refractivity (Wildman–Crippen MR) is 111 cm³/mol. The first-order chi connectivity index (χ1) is 11.2. The van der Waals surface area contributed by atoms with Crippen LogP contribution in [0.4, 0.5) is 0 Å². The van der Waals surface area contributed by atoms with Gasteiger partial charge in [0, 0.05) is 35.9 Å². The molecule has 1 aromatic rings. The number of hydrogen-bond acceptors (Lipinski definition) is 2. The molecule has 3 heterocycles. The van der Waals surface area contributed by atoms with E-state index < -0.39 is 0 Å². The van der Waals surface area contributed by atoms with Crippen LogP contribution in [0.25, 0.3) is 0 Å². The Hall–Kier alpha value is -0.340. The Labute approximate surface area is 169 Å². The number of likely N-dealkylation sites (tertiary alicyclic amines) is 1. The highest BCUT2D eigenvalue weighted by Gasteiger charge is 2.53. The number of guanidine groups is 1. The van der Waals surface area contributed by atoms with Crippen molar-refractivity contribution in [3.63, 3.8) is 0 Å². The van der Waals surface area contributed by atoms with Gasteiger partial charge in [-0.25, -0.2) is 4.99 Å². The summed E-state index contributed by atoms with van der Waals surface area (Å²) in [5, 5.41) is 3.47. The van der Waals surface area contributed by atoms with E-state index in [-0.39, 0.29) is 24.0 Å². The summed E-state index contributed by atoms with van der Waals surface area (Å²) in [6.45, 7) is 5.97. The predicted octanol–water partition coefficient (Wildman–Crippen LogP) is 3.64. The van der Waals surface area contributed by atoms with Crippen molar-refractivity contribution in [1.82, 2.24) is 10.2 Å². The number of nitrogens with zero attached hydrogens (tertiary/aromatic N) is 2. The second-order valence-electron chi connectivity index (χ2n) is 6.82. The fraction of sp³-hybridized carbons (Fsp3) is 0.611. The van der Waals surface area contributed by atoms with Gasteiger partial charge in [-0.3, -0.25) is 0 Å². The Kier molecular flexibility index (Phi) is 6.08. The van der Waals surface area contributed by atoms with E-state index >= 15 is 0 Å². The summed E-state index contributed by atoms with van der Waals surface area (Å²) in [4.78, 5) is 7.32. The minimum Gasteiger partial charge on any atom is -0.374 e. The first-order valence-corrected chi connectivity index (χ1v) is 9.47. The lowest BCUT2D eigenvalue weighted by Gasteiger charge is -2.23. The minimum absolute atomic E-state index is 0. The molecule has 6 heteroatoms. The zero-order valence-corrected chi connectivity index (χ0v) is 17.9. The van der Waals surface area contributed by atoms with Crippen molar-refractivity contribution in [2.24, 2.45) is 16.8 Å². The molecule has 0 saturated carbocycles. The van der Waals surface area contributed by atoms with E-state index in [0.717, 1.165) is 36.6 Å². The first kappa shape index (κ1) is 18.5. The summed E-state index contributed by atoms with van der Waals surface area (Å²) in [6.07, 6.45) is 3.52. The Balaban J connectivity index is 0.00000169. The van der Waals surface area contributed by atoms with E-state index in [0.29, 0.717) is 24.0 Å². The maximum atomic E-state index is 6.08. The smallest absolute Gasteiger partial charge is 0.194 e. The van der Waals surface area contributed by atoms with E-state index in [1.807, 2.05) is 0 Å². The Morgan fingerprint density at radius 1 is 1.21 bits per heavy atom. The average molecular weight is 506 g/mol. The van der Waals surface area contributed by atoms with Crippen molar-refractivity contribution in [3.05, 3.63) is 34.3 Å². The normalized spacial score (nSPS) is 31.1. The molecule has 4 nitrogen and oxygen atoms in total. The molecular formula is C18H25BrIN3O.